The molecule has 0 aliphatic carbocycles. The third-order valence-corrected chi connectivity index (χ3v) is 6.29. The van der Waals surface area contributed by atoms with Crippen LogP contribution in [0.4, 0.5) is 0 Å². The summed E-state index contributed by atoms with van der Waals surface area (Å²) in [6, 6.07) is 33.6. The summed E-state index contributed by atoms with van der Waals surface area (Å²) in [6.07, 6.45) is 0. The zero-order valence-electron chi connectivity index (χ0n) is 16.5. The summed E-state index contributed by atoms with van der Waals surface area (Å²) in [6.45, 7) is 4.23. The molecule has 0 radical (unpaired) electrons. The fraction of sp³-hybridized carbons (Fsp3) is 0.0769. The van der Waals surface area contributed by atoms with Gasteiger partial charge in [-0.1, -0.05) is 65.0 Å². The third-order valence-electron chi connectivity index (χ3n) is 4.32. The minimum absolute atomic E-state index is 0.844. The van der Waals surface area contributed by atoms with Crippen molar-refractivity contribution in [2.45, 2.75) is 33.4 Å². The van der Waals surface area contributed by atoms with Crippen molar-refractivity contribution in [1.29, 1.82) is 0 Å². The van der Waals surface area contributed by atoms with Crippen LogP contribution in [-0.2, 0) is 0 Å². The Morgan fingerprint density at radius 1 is 0.483 bits per heavy atom. The molecule has 0 spiro atoms. The summed E-state index contributed by atoms with van der Waals surface area (Å²) >= 11 is 3.51. The predicted molar refractivity (Wildman–Crippen MR) is 124 cm³/mol. The highest BCUT2D eigenvalue weighted by Gasteiger charge is 2.03. The molecule has 0 saturated heterocycles. The Balaban J connectivity index is 1.42. The fourth-order valence-electron chi connectivity index (χ4n) is 2.94. The molecule has 0 N–H and O–H groups in total. The molecule has 0 saturated carbocycles. The van der Waals surface area contributed by atoms with Gasteiger partial charge >= 0.3 is 0 Å². The van der Waals surface area contributed by atoms with Gasteiger partial charge in [0.2, 0.25) is 0 Å². The van der Waals surface area contributed by atoms with Crippen molar-refractivity contribution in [2.24, 2.45) is 0 Å². The maximum absolute atomic E-state index is 6.08. The van der Waals surface area contributed by atoms with E-state index in [1.807, 2.05) is 24.3 Å². The maximum Gasteiger partial charge on any atom is 0.128 e. The molecule has 0 bridgehead atoms. The Morgan fingerprint density at radius 3 is 1.59 bits per heavy atom. The lowest BCUT2D eigenvalue weighted by Crippen LogP contribution is -1.85. The average Bonchev–Trinajstić information content (AvgIpc) is 2.70. The predicted octanol–water partition coefficient (Wildman–Crippen LogP) is 8.40. The van der Waals surface area contributed by atoms with Gasteiger partial charge in [-0.15, -0.1) is 0 Å². The van der Waals surface area contributed by atoms with Gasteiger partial charge in [-0.05, 0) is 80.6 Å². The summed E-state index contributed by atoms with van der Waals surface area (Å²) in [5.74, 6) is 1.69. The second-order valence-electron chi connectivity index (χ2n) is 6.89. The molecular weight excluding hydrogens is 392 g/mol. The number of hydrogen-bond donors (Lipinski definition) is 0. The molecule has 0 unspecified atom stereocenters. The van der Waals surface area contributed by atoms with Crippen LogP contribution in [0.15, 0.2) is 117 Å². The van der Waals surface area contributed by atoms with Crippen LogP contribution in [0.3, 0.4) is 0 Å². The van der Waals surface area contributed by atoms with Gasteiger partial charge < -0.3 is 4.74 Å². The van der Waals surface area contributed by atoms with Gasteiger partial charge in [0.15, 0.2) is 0 Å². The summed E-state index contributed by atoms with van der Waals surface area (Å²) in [7, 11) is 0. The van der Waals surface area contributed by atoms with Crippen molar-refractivity contribution in [3.63, 3.8) is 0 Å². The molecule has 0 heterocycles. The minimum atomic E-state index is 0.844. The molecule has 4 aromatic rings. The van der Waals surface area contributed by atoms with Crippen LogP contribution < -0.4 is 4.74 Å². The SMILES string of the molecule is Cc1cccc(Sc2ccc(Oc3cccc(Sc4cccc(C)c4)c3)cc2)c1. The molecule has 4 aromatic carbocycles. The molecule has 0 aromatic heterocycles. The first-order chi connectivity index (χ1) is 14.1. The number of aryl methyl sites for hydroxylation is 2. The first-order valence-corrected chi connectivity index (χ1v) is 11.1. The average molecular weight is 415 g/mol. The molecule has 0 amide bonds. The van der Waals surface area contributed by atoms with Crippen LogP contribution in [0.25, 0.3) is 0 Å². The topological polar surface area (TPSA) is 9.23 Å². The monoisotopic (exact) mass is 414 g/mol. The van der Waals surface area contributed by atoms with Crippen LogP contribution in [0.2, 0.25) is 0 Å². The Kier molecular flexibility index (Phi) is 6.28. The third kappa shape index (κ3) is 5.69. The highest BCUT2D eigenvalue weighted by Crippen LogP contribution is 2.33. The summed E-state index contributed by atoms with van der Waals surface area (Å²) in [4.78, 5) is 4.85. The van der Waals surface area contributed by atoms with E-state index in [1.165, 1.54) is 30.7 Å². The number of rotatable bonds is 6. The van der Waals surface area contributed by atoms with Crippen LogP contribution in [0, 0.1) is 13.8 Å². The molecule has 144 valence electrons. The van der Waals surface area contributed by atoms with E-state index in [1.54, 1.807) is 23.5 Å². The lowest BCUT2D eigenvalue weighted by molar-refractivity contribution is 0.481. The lowest BCUT2D eigenvalue weighted by Gasteiger charge is -2.09. The van der Waals surface area contributed by atoms with Crippen LogP contribution >= 0.6 is 23.5 Å². The minimum Gasteiger partial charge on any atom is -0.457 e. The van der Waals surface area contributed by atoms with E-state index in [4.69, 9.17) is 4.74 Å². The number of ether oxygens (including phenoxy) is 1. The van der Waals surface area contributed by atoms with E-state index < -0.39 is 0 Å². The van der Waals surface area contributed by atoms with Gasteiger partial charge in [0.25, 0.3) is 0 Å². The van der Waals surface area contributed by atoms with Gasteiger partial charge in [0.05, 0.1) is 0 Å². The molecule has 1 nitrogen and oxygen atoms in total. The second kappa shape index (κ2) is 9.25. The van der Waals surface area contributed by atoms with Gasteiger partial charge in [-0.3, -0.25) is 0 Å². The molecule has 3 heteroatoms. The maximum atomic E-state index is 6.08. The zero-order chi connectivity index (χ0) is 20.1. The second-order valence-corrected chi connectivity index (χ2v) is 9.18. The molecule has 0 atom stereocenters. The smallest absolute Gasteiger partial charge is 0.128 e. The van der Waals surface area contributed by atoms with Crippen LogP contribution in [0.1, 0.15) is 11.1 Å². The zero-order valence-corrected chi connectivity index (χ0v) is 18.1. The summed E-state index contributed by atoms with van der Waals surface area (Å²) in [5, 5.41) is 0. The highest BCUT2D eigenvalue weighted by atomic mass is 32.2. The van der Waals surface area contributed by atoms with Crippen molar-refractivity contribution in [2.75, 3.05) is 0 Å². The van der Waals surface area contributed by atoms with Gasteiger partial charge in [-0.25, -0.2) is 0 Å². The quantitative estimate of drug-likeness (QED) is 0.313. The first kappa shape index (κ1) is 19.7. The van der Waals surface area contributed by atoms with E-state index in [2.05, 4.69) is 86.6 Å². The highest BCUT2D eigenvalue weighted by molar-refractivity contribution is 7.99. The Morgan fingerprint density at radius 2 is 1.00 bits per heavy atom. The largest absolute Gasteiger partial charge is 0.457 e. The normalized spacial score (nSPS) is 10.7. The van der Waals surface area contributed by atoms with E-state index in [0.717, 1.165) is 11.5 Å². The lowest BCUT2D eigenvalue weighted by atomic mass is 10.2. The van der Waals surface area contributed by atoms with E-state index >= 15 is 0 Å². The van der Waals surface area contributed by atoms with Crippen LogP contribution in [0.5, 0.6) is 11.5 Å². The number of benzene rings is 4. The standard InChI is InChI=1S/C26H22OS2/c1-19-6-3-9-24(16-19)28-23-14-12-21(13-15-23)27-22-8-5-11-26(18-22)29-25-10-4-7-20(2)17-25/h3-18H,1-2H3. The van der Waals surface area contributed by atoms with Crippen molar-refractivity contribution in [1.82, 2.24) is 0 Å². The molecule has 0 fully saturated rings. The van der Waals surface area contributed by atoms with Crippen LogP contribution in [-0.4, -0.2) is 0 Å². The van der Waals surface area contributed by atoms with Crippen molar-refractivity contribution >= 4 is 23.5 Å². The summed E-state index contributed by atoms with van der Waals surface area (Å²) < 4.78 is 6.08. The van der Waals surface area contributed by atoms with Crippen molar-refractivity contribution in [3.8, 4) is 11.5 Å². The summed E-state index contributed by atoms with van der Waals surface area (Å²) in [5.41, 5.74) is 2.55. The Bertz CT molecular complexity index is 1100. The molecule has 0 aliphatic heterocycles. The van der Waals surface area contributed by atoms with Crippen molar-refractivity contribution in [3.05, 3.63) is 108 Å². The first-order valence-electron chi connectivity index (χ1n) is 9.51. The molecule has 29 heavy (non-hydrogen) atoms. The molecule has 0 aliphatic rings. The van der Waals surface area contributed by atoms with Gasteiger partial charge in [0, 0.05) is 19.6 Å². The van der Waals surface area contributed by atoms with Gasteiger partial charge in [-0.2, -0.15) is 0 Å². The Hall–Kier alpha value is -2.62. The fourth-order valence-corrected chi connectivity index (χ4v) is 4.86. The van der Waals surface area contributed by atoms with E-state index in [-0.39, 0.29) is 0 Å². The Labute approximate surface area is 181 Å². The molecular formula is C26H22OS2. The number of hydrogen-bond acceptors (Lipinski definition) is 3. The van der Waals surface area contributed by atoms with Crippen molar-refractivity contribution < 1.29 is 4.74 Å². The van der Waals surface area contributed by atoms with E-state index in [9.17, 15) is 0 Å². The molecule has 4 rings (SSSR count). The van der Waals surface area contributed by atoms with Gasteiger partial charge in [0.1, 0.15) is 11.5 Å². The van der Waals surface area contributed by atoms with E-state index in [0.29, 0.717) is 0 Å².